The number of anilines is 1. The van der Waals surface area contributed by atoms with Gasteiger partial charge in [0.05, 0.1) is 11.1 Å². The molecule has 0 unspecified atom stereocenters. The van der Waals surface area contributed by atoms with Crippen LogP contribution in [0, 0.1) is 0 Å². The van der Waals surface area contributed by atoms with Crippen LogP contribution in [0.25, 0.3) is 0 Å². The zero-order valence-electron chi connectivity index (χ0n) is 16.3. The predicted molar refractivity (Wildman–Crippen MR) is 113 cm³/mol. The van der Waals surface area contributed by atoms with Crippen molar-refractivity contribution in [3.63, 3.8) is 0 Å². The number of carbonyl (C=O) groups excluding carboxylic acids is 3. The molecule has 5 nitrogen and oxygen atoms in total. The van der Waals surface area contributed by atoms with Gasteiger partial charge in [-0.25, -0.2) is 0 Å². The van der Waals surface area contributed by atoms with Gasteiger partial charge < -0.3 is 5.32 Å². The van der Waals surface area contributed by atoms with E-state index in [1.54, 1.807) is 36.0 Å². The molecular weight excluding hydrogens is 372 g/mol. The van der Waals surface area contributed by atoms with Crippen molar-refractivity contribution in [2.24, 2.45) is 0 Å². The average Bonchev–Trinajstić information content (AvgIpc) is 2.94. The minimum atomic E-state index is -0.847. The molecule has 3 rings (SSSR count). The zero-order valence-corrected chi connectivity index (χ0v) is 17.1. The van der Waals surface area contributed by atoms with Gasteiger partial charge >= 0.3 is 0 Å². The molecule has 1 aliphatic rings. The molecule has 2 aromatic rings. The standard InChI is InChI=1S/C22H24N2O3S/c1-14(2)15-8-6-7-11-18(15)23-20(25)19(12-13-28-3)24-21(26)16-9-4-5-10-17(16)22(24)27/h4-11,14,19H,12-13H2,1-3H3,(H,23,25)/t19-/m1/s1. The number of hydrogen-bond acceptors (Lipinski definition) is 4. The van der Waals surface area contributed by atoms with Crippen molar-refractivity contribution >= 4 is 35.2 Å². The number of hydrogen-bond donors (Lipinski definition) is 1. The Kier molecular flexibility index (Phi) is 6.19. The maximum atomic E-state index is 13.2. The molecule has 1 N–H and O–H groups in total. The first-order valence-electron chi connectivity index (χ1n) is 9.31. The Bertz CT molecular complexity index is 875. The quantitative estimate of drug-likeness (QED) is 0.714. The van der Waals surface area contributed by atoms with E-state index >= 15 is 0 Å². The molecule has 3 amide bonds. The van der Waals surface area contributed by atoms with Crippen LogP contribution in [0.3, 0.4) is 0 Å². The third kappa shape index (κ3) is 3.83. The van der Waals surface area contributed by atoms with Crippen molar-refractivity contribution in [2.45, 2.75) is 32.2 Å². The number of fused-ring (bicyclic) bond motifs is 1. The molecule has 0 aromatic heterocycles. The maximum absolute atomic E-state index is 13.2. The number of para-hydroxylation sites is 1. The Hall–Kier alpha value is -2.60. The number of rotatable bonds is 7. The molecule has 2 aromatic carbocycles. The summed E-state index contributed by atoms with van der Waals surface area (Å²) in [5, 5.41) is 2.95. The fourth-order valence-electron chi connectivity index (χ4n) is 3.43. The molecule has 1 aliphatic heterocycles. The summed E-state index contributed by atoms with van der Waals surface area (Å²) >= 11 is 1.58. The Balaban J connectivity index is 1.90. The second kappa shape index (κ2) is 8.61. The predicted octanol–water partition coefficient (Wildman–Crippen LogP) is 4.17. The molecule has 1 heterocycles. The van der Waals surface area contributed by atoms with Crippen LogP contribution in [-0.4, -0.2) is 40.7 Å². The maximum Gasteiger partial charge on any atom is 0.262 e. The number of nitrogens with zero attached hydrogens (tertiary/aromatic N) is 1. The molecule has 1 atom stereocenters. The van der Waals surface area contributed by atoms with Crippen molar-refractivity contribution in [1.29, 1.82) is 0 Å². The summed E-state index contributed by atoms with van der Waals surface area (Å²) in [5.41, 5.74) is 2.45. The molecule has 0 spiro atoms. The van der Waals surface area contributed by atoms with E-state index in [1.165, 1.54) is 0 Å². The van der Waals surface area contributed by atoms with Crippen LogP contribution in [0.5, 0.6) is 0 Å². The minimum Gasteiger partial charge on any atom is -0.324 e. The van der Waals surface area contributed by atoms with Gasteiger partial charge in [0.2, 0.25) is 5.91 Å². The monoisotopic (exact) mass is 396 g/mol. The first-order chi connectivity index (χ1) is 13.5. The number of imide groups is 1. The summed E-state index contributed by atoms with van der Waals surface area (Å²) in [6, 6.07) is 13.5. The number of carbonyl (C=O) groups is 3. The van der Waals surface area contributed by atoms with E-state index in [2.05, 4.69) is 19.2 Å². The lowest BCUT2D eigenvalue weighted by Crippen LogP contribution is -2.47. The largest absolute Gasteiger partial charge is 0.324 e. The van der Waals surface area contributed by atoms with Crippen molar-refractivity contribution in [1.82, 2.24) is 4.90 Å². The van der Waals surface area contributed by atoms with Gasteiger partial charge in [-0.2, -0.15) is 11.8 Å². The molecule has 0 fully saturated rings. The van der Waals surface area contributed by atoms with E-state index < -0.39 is 17.9 Å². The molecule has 0 saturated heterocycles. The number of amides is 3. The first-order valence-corrected chi connectivity index (χ1v) is 10.7. The highest BCUT2D eigenvalue weighted by molar-refractivity contribution is 7.98. The Morgan fingerprint density at radius 2 is 1.57 bits per heavy atom. The van der Waals surface area contributed by atoms with Gasteiger partial charge in [-0.15, -0.1) is 0 Å². The fraction of sp³-hybridized carbons (Fsp3) is 0.318. The van der Waals surface area contributed by atoms with Crippen molar-refractivity contribution < 1.29 is 14.4 Å². The molecule has 146 valence electrons. The molecule has 28 heavy (non-hydrogen) atoms. The molecule has 6 heteroatoms. The Labute approximate surface area is 169 Å². The molecule has 0 bridgehead atoms. The van der Waals surface area contributed by atoms with E-state index in [4.69, 9.17) is 0 Å². The lowest BCUT2D eigenvalue weighted by atomic mass is 10.0. The summed E-state index contributed by atoms with van der Waals surface area (Å²) in [6.07, 6.45) is 2.34. The van der Waals surface area contributed by atoms with Gasteiger partial charge in [-0.1, -0.05) is 44.2 Å². The van der Waals surface area contributed by atoms with E-state index in [0.717, 1.165) is 10.5 Å². The Morgan fingerprint density at radius 1 is 1.00 bits per heavy atom. The molecular formula is C22H24N2O3S. The van der Waals surface area contributed by atoms with Crippen LogP contribution in [0.1, 0.15) is 52.5 Å². The lowest BCUT2D eigenvalue weighted by Gasteiger charge is -2.26. The van der Waals surface area contributed by atoms with E-state index in [0.29, 0.717) is 29.0 Å². The van der Waals surface area contributed by atoms with Gasteiger partial charge in [-0.3, -0.25) is 19.3 Å². The summed E-state index contributed by atoms with van der Waals surface area (Å²) in [6.45, 7) is 4.11. The van der Waals surface area contributed by atoms with Gasteiger partial charge in [0, 0.05) is 5.69 Å². The summed E-state index contributed by atoms with van der Waals surface area (Å²) in [4.78, 5) is 40.0. The molecule has 0 saturated carbocycles. The highest BCUT2D eigenvalue weighted by Gasteiger charge is 2.42. The first kappa shape index (κ1) is 20.1. The van der Waals surface area contributed by atoms with E-state index in [9.17, 15) is 14.4 Å². The van der Waals surface area contributed by atoms with E-state index in [-0.39, 0.29) is 11.8 Å². The van der Waals surface area contributed by atoms with Gasteiger partial charge in [0.15, 0.2) is 0 Å². The highest BCUT2D eigenvalue weighted by Crippen LogP contribution is 2.28. The van der Waals surface area contributed by atoms with Crippen molar-refractivity contribution in [3.05, 3.63) is 65.2 Å². The van der Waals surface area contributed by atoms with Crippen LogP contribution in [-0.2, 0) is 4.79 Å². The van der Waals surface area contributed by atoms with Crippen LogP contribution in [0.4, 0.5) is 5.69 Å². The SMILES string of the molecule is CSCC[C@H](C(=O)Nc1ccccc1C(C)C)N1C(=O)c2ccccc2C1=O. The topological polar surface area (TPSA) is 66.5 Å². The second-order valence-electron chi connectivity index (χ2n) is 7.05. The van der Waals surface area contributed by atoms with Crippen LogP contribution >= 0.6 is 11.8 Å². The van der Waals surface area contributed by atoms with E-state index in [1.807, 2.05) is 30.5 Å². The van der Waals surface area contributed by atoms with Gasteiger partial charge in [0.1, 0.15) is 6.04 Å². The summed E-state index contributed by atoms with van der Waals surface area (Å²) in [7, 11) is 0. The average molecular weight is 397 g/mol. The van der Waals surface area contributed by atoms with Crippen LogP contribution in [0.2, 0.25) is 0 Å². The molecule has 0 aliphatic carbocycles. The van der Waals surface area contributed by atoms with Gasteiger partial charge in [0.25, 0.3) is 11.8 Å². The second-order valence-corrected chi connectivity index (χ2v) is 8.04. The lowest BCUT2D eigenvalue weighted by molar-refractivity contribution is -0.120. The highest BCUT2D eigenvalue weighted by atomic mass is 32.2. The Morgan fingerprint density at radius 3 is 2.14 bits per heavy atom. The van der Waals surface area contributed by atoms with Gasteiger partial charge in [-0.05, 0) is 48.1 Å². The third-order valence-corrected chi connectivity index (χ3v) is 5.52. The summed E-state index contributed by atoms with van der Waals surface area (Å²) in [5.74, 6) is -0.243. The smallest absolute Gasteiger partial charge is 0.262 e. The number of thioether (sulfide) groups is 1. The van der Waals surface area contributed by atoms with Crippen LogP contribution < -0.4 is 5.32 Å². The number of benzene rings is 2. The summed E-state index contributed by atoms with van der Waals surface area (Å²) < 4.78 is 0. The molecule has 0 radical (unpaired) electrons. The van der Waals surface area contributed by atoms with Crippen LogP contribution in [0.15, 0.2) is 48.5 Å². The number of nitrogens with one attached hydrogen (secondary N) is 1. The fourth-order valence-corrected chi connectivity index (χ4v) is 3.89. The minimum absolute atomic E-state index is 0.237. The normalized spacial score (nSPS) is 14.4. The third-order valence-electron chi connectivity index (χ3n) is 4.88. The zero-order chi connectivity index (χ0) is 20.3. The van der Waals surface area contributed by atoms with Crippen molar-refractivity contribution in [3.8, 4) is 0 Å². The van der Waals surface area contributed by atoms with Crippen molar-refractivity contribution in [2.75, 3.05) is 17.3 Å².